The highest BCUT2D eigenvalue weighted by Crippen LogP contribution is 2.38. The maximum atomic E-state index is 11.3. The standard InChI is InChI=1S/C16H24O7/c1-9(7-13(18)19-5)6-11-14-15(23-16(3,4)22-14)12(8-20-11)21-10(2)17/h7,11-12,14-15H,6,8H2,1-5H3/b9-7+. The fourth-order valence-electron chi connectivity index (χ4n) is 2.93. The number of hydrogen-bond donors (Lipinski definition) is 0. The van der Waals surface area contributed by atoms with E-state index in [0.29, 0.717) is 6.42 Å². The lowest BCUT2D eigenvalue weighted by Gasteiger charge is -2.36. The topological polar surface area (TPSA) is 80.3 Å². The molecule has 2 fully saturated rings. The first-order chi connectivity index (χ1) is 10.7. The molecule has 0 aromatic carbocycles. The number of esters is 2. The number of carbonyl (C=O) groups is 2. The Morgan fingerprint density at radius 2 is 1.87 bits per heavy atom. The van der Waals surface area contributed by atoms with Gasteiger partial charge in [0.05, 0.1) is 19.8 Å². The molecule has 0 amide bonds. The van der Waals surface area contributed by atoms with Crippen LogP contribution in [0.2, 0.25) is 0 Å². The average molecular weight is 328 g/mol. The van der Waals surface area contributed by atoms with Gasteiger partial charge in [0, 0.05) is 13.0 Å². The van der Waals surface area contributed by atoms with E-state index in [4.69, 9.17) is 18.9 Å². The first kappa shape index (κ1) is 17.9. The van der Waals surface area contributed by atoms with Crippen LogP contribution in [0.4, 0.5) is 0 Å². The zero-order chi connectivity index (χ0) is 17.2. The van der Waals surface area contributed by atoms with Crippen LogP contribution in [0.3, 0.4) is 0 Å². The van der Waals surface area contributed by atoms with Gasteiger partial charge < -0.3 is 23.7 Å². The van der Waals surface area contributed by atoms with Crippen LogP contribution < -0.4 is 0 Å². The molecule has 130 valence electrons. The van der Waals surface area contributed by atoms with E-state index in [9.17, 15) is 9.59 Å². The van der Waals surface area contributed by atoms with Crippen LogP contribution >= 0.6 is 0 Å². The fourth-order valence-corrected chi connectivity index (χ4v) is 2.93. The summed E-state index contributed by atoms with van der Waals surface area (Å²) in [6, 6.07) is 0. The molecule has 4 atom stereocenters. The van der Waals surface area contributed by atoms with Gasteiger partial charge in [-0.3, -0.25) is 4.79 Å². The van der Waals surface area contributed by atoms with Crippen molar-refractivity contribution in [1.29, 1.82) is 0 Å². The minimum absolute atomic E-state index is 0.232. The normalized spacial score (nSPS) is 33.0. The molecule has 0 spiro atoms. The van der Waals surface area contributed by atoms with Gasteiger partial charge in [0.25, 0.3) is 0 Å². The second kappa shape index (κ2) is 6.98. The Balaban J connectivity index is 2.10. The van der Waals surface area contributed by atoms with Crippen molar-refractivity contribution in [3.63, 3.8) is 0 Å². The van der Waals surface area contributed by atoms with E-state index in [1.807, 2.05) is 20.8 Å². The molecule has 4 unspecified atom stereocenters. The molecule has 0 aliphatic carbocycles. The fraction of sp³-hybridized carbons (Fsp3) is 0.750. The van der Waals surface area contributed by atoms with Crippen molar-refractivity contribution in [2.24, 2.45) is 0 Å². The summed E-state index contributed by atoms with van der Waals surface area (Å²) < 4.78 is 27.5. The van der Waals surface area contributed by atoms with Crippen LogP contribution in [0.5, 0.6) is 0 Å². The zero-order valence-corrected chi connectivity index (χ0v) is 14.2. The molecule has 0 N–H and O–H groups in total. The summed E-state index contributed by atoms with van der Waals surface area (Å²) >= 11 is 0. The first-order valence-corrected chi connectivity index (χ1v) is 7.61. The summed E-state index contributed by atoms with van der Waals surface area (Å²) in [5.74, 6) is -1.57. The highest BCUT2D eigenvalue weighted by atomic mass is 16.8. The van der Waals surface area contributed by atoms with Gasteiger partial charge in [0.2, 0.25) is 0 Å². The van der Waals surface area contributed by atoms with Gasteiger partial charge in [-0.2, -0.15) is 0 Å². The van der Waals surface area contributed by atoms with E-state index in [1.165, 1.54) is 20.1 Å². The molecule has 0 aromatic heterocycles. The Morgan fingerprint density at radius 1 is 1.22 bits per heavy atom. The number of carbonyl (C=O) groups excluding carboxylic acids is 2. The summed E-state index contributed by atoms with van der Waals surface area (Å²) in [7, 11) is 1.33. The highest BCUT2D eigenvalue weighted by molar-refractivity contribution is 5.82. The maximum Gasteiger partial charge on any atom is 0.330 e. The van der Waals surface area contributed by atoms with E-state index < -0.39 is 24.0 Å². The predicted molar refractivity (Wildman–Crippen MR) is 79.5 cm³/mol. The molecule has 23 heavy (non-hydrogen) atoms. The van der Waals surface area contributed by atoms with Crippen LogP contribution in [-0.4, -0.2) is 55.9 Å². The minimum atomic E-state index is -0.778. The summed E-state index contributed by atoms with van der Waals surface area (Å²) in [5, 5.41) is 0. The summed E-state index contributed by atoms with van der Waals surface area (Å²) in [6.45, 7) is 7.03. The summed E-state index contributed by atoms with van der Waals surface area (Å²) in [6.07, 6.45) is 0.387. The van der Waals surface area contributed by atoms with Gasteiger partial charge in [-0.15, -0.1) is 0 Å². The van der Waals surface area contributed by atoms with Crippen LogP contribution in [0.15, 0.2) is 11.6 Å². The second-order valence-corrected chi connectivity index (χ2v) is 6.30. The average Bonchev–Trinajstić information content (AvgIpc) is 2.77. The van der Waals surface area contributed by atoms with E-state index in [2.05, 4.69) is 4.74 Å². The third-order valence-electron chi connectivity index (χ3n) is 3.78. The van der Waals surface area contributed by atoms with Crippen molar-refractivity contribution in [1.82, 2.24) is 0 Å². The smallest absolute Gasteiger partial charge is 0.330 e. The molecule has 2 saturated heterocycles. The molecule has 2 aliphatic rings. The van der Waals surface area contributed by atoms with Crippen molar-refractivity contribution in [3.05, 3.63) is 11.6 Å². The molecule has 0 bridgehead atoms. The largest absolute Gasteiger partial charge is 0.466 e. The summed E-state index contributed by atoms with van der Waals surface area (Å²) in [5.41, 5.74) is 0.819. The van der Waals surface area contributed by atoms with Crippen LogP contribution in [0, 0.1) is 0 Å². The minimum Gasteiger partial charge on any atom is -0.466 e. The molecule has 2 aliphatic heterocycles. The van der Waals surface area contributed by atoms with Crippen LogP contribution in [0.25, 0.3) is 0 Å². The Bertz CT molecular complexity index is 497. The van der Waals surface area contributed by atoms with Crippen molar-refractivity contribution in [3.8, 4) is 0 Å². The molecular weight excluding hydrogens is 304 g/mol. The second-order valence-electron chi connectivity index (χ2n) is 6.30. The van der Waals surface area contributed by atoms with Crippen molar-refractivity contribution < 1.29 is 33.3 Å². The zero-order valence-electron chi connectivity index (χ0n) is 14.2. The van der Waals surface area contributed by atoms with Crippen molar-refractivity contribution in [2.75, 3.05) is 13.7 Å². The lowest BCUT2D eigenvalue weighted by Crippen LogP contribution is -2.52. The molecule has 0 saturated carbocycles. The predicted octanol–water partition coefficient (Wildman–Crippen LogP) is 1.35. The van der Waals surface area contributed by atoms with E-state index >= 15 is 0 Å². The SMILES string of the molecule is COC(=O)/C=C(\C)CC1OCC(OC(C)=O)C2OC(C)(C)OC12. The molecule has 7 nitrogen and oxygen atoms in total. The monoisotopic (exact) mass is 328 g/mol. The van der Waals surface area contributed by atoms with Crippen LogP contribution in [0.1, 0.15) is 34.1 Å². The maximum absolute atomic E-state index is 11.3. The van der Waals surface area contributed by atoms with Gasteiger partial charge in [-0.1, -0.05) is 5.57 Å². The van der Waals surface area contributed by atoms with Gasteiger partial charge in [-0.05, 0) is 27.2 Å². The Morgan fingerprint density at radius 3 is 2.48 bits per heavy atom. The third-order valence-corrected chi connectivity index (χ3v) is 3.78. The number of hydrogen-bond acceptors (Lipinski definition) is 7. The van der Waals surface area contributed by atoms with Gasteiger partial charge >= 0.3 is 11.9 Å². The number of methoxy groups -OCH3 is 1. The number of rotatable bonds is 4. The van der Waals surface area contributed by atoms with Crippen molar-refractivity contribution >= 4 is 11.9 Å². The molecule has 0 radical (unpaired) electrons. The highest BCUT2D eigenvalue weighted by Gasteiger charge is 2.53. The molecule has 2 heterocycles. The van der Waals surface area contributed by atoms with Gasteiger partial charge in [0.15, 0.2) is 11.9 Å². The number of ether oxygens (including phenoxy) is 5. The van der Waals surface area contributed by atoms with Gasteiger partial charge in [0.1, 0.15) is 12.2 Å². The van der Waals surface area contributed by atoms with Crippen molar-refractivity contribution in [2.45, 2.75) is 64.3 Å². The summed E-state index contributed by atoms with van der Waals surface area (Å²) in [4.78, 5) is 22.6. The lowest BCUT2D eigenvalue weighted by molar-refractivity contribution is -0.180. The van der Waals surface area contributed by atoms with Gasteiger partial charge in [-0.25, -0.2) is 4.79 Å². The molecule has 7 heteroatoms. The third kappa shape index (κ3) is 4.53. The van der Waals surface area contributed by atoms with E-state index in [1.54, 1.807) is 0 Å². The molecule has 0 aromatic rings. The van der Waals surface area contributed by atoms with Crippen LogP contribution in [-0.2, 0) is 33.3 Å². The Hall–Kier alpha value is -1.44. The quantitative estimate of drug-likeness (QED) is 0.569. The van der Waals surface area contributed by atoms with E-state index in [-0.39, 0.29) is 24.8 Å². The van der Waals surface area contributed by atoms with E-state index in [0.717, 1.165) is 5.57 Å². The first-order valence-electron chi connectivity index (χ1n) is 7.61. The lowest BCUT2D eigenvalue weighted by atomic mass is 9.95. The molecular formula is C16H24O7. The Kier molecular flexibility index (Phi) is 5.44. The molecule has 2 rings (SSSR count). The Labute approximate surface area is 135 Å². The number of fused-ring (bicyclic) bond motifs is 1.